The molecule has 5 nitrogen and oxygen atoms in total. The SMILES string of the molecule is CNC(=O)Nc1csnn1. The topological polar surface area (TPSA) is 66.9 Å². The zero-order valence-electron chi connectivity index (χ0n) is 5.29. The van der Waals surface area contributed by atoms with E-state index in [1.165, 1.54) is 18.6 Å². The van der Waals surface area contributed by atoms with Crippen LogP contribution in [0, 0.1) is 0 Å². The summed E-state index contributed by atoms with van der Waals surface area (Å²) < 4.78 is 3.56. The molecule has 1 rings (SSSR count). The van der Waals surface area contributed by atoms with Crippen molar-refractivity contribution in [1.82, 2.24) is 14.9 Å². The molecular formula is C4H6N4OS. The fourth-order valence-electron chi connectivity index (χ4n) is 0.398. The number of hydrogen-bond acceptors (Lipinski definition) is 4. The minimum atomic E-state index is -0.285. The molecule has 0 bridgehead atoms. The zero-order chi connectivity index (χ0) is 7.40. The van der Waals surface area contributed by atoms with Gasteiger partial charge in [0.25, 0.3) is 0 Å². The van der Waals surface area contributed by atoms with E-state index in [9.17, 15) is 4.79 Å². The first kappa shape index (κ1) is 6.94. The molecule has 0 aliphatic rings. The monoisotopic (exact) mass is 158 g/mol. The van der Waals surface area contributed by atoms with Crippen molar-refractivity contribution in [3.8, 4) is 0 Å². The van der Waals surface area contributed by atoms with Crippen molar-refractivity contribution in [2.45, 2.75) is 0 Å². The fourth-order valence-corrected chi connectivity index (χ4v) is 0.786. The summed E-state index contributed by atoms with van der Waals surface area (Å²) in [5.74, 6) is 0.476. The maximum atomic E-state index is 10.6. The summed E-state index contributed by atoms with van der Waals surface area (Å²) in [4.78, 5) is 10.6. The molecule has 10 heavy (non-hydrogen) atoms. The summed E-state index contributed by atoms with van der Waals surface area (Å²) in [5, 5.41) is 10.1. The molecule has 2 N–H and O–H groups in total. The highest BCUT2D eigenvalue weighted by Crippen LogP contribution is 2.01. The second-order valence-electron chi connectivity index (χ2n) is 1.49. The summed E-state index contributed by atoms with van der Waals surface area (Å²) >= 11 is 1.19. The van der Waals surface area contributed by atoms with Crippen molar-refractivity contribution in [1.29, 1.82) is 0 Å². The molecule has 1 aromatic rings. The van der Waals surface area contributed by atoms with Crippen molar-refractivity contribution < 1.29 is 4.79 Å². The standard InChI is InChI=1S/C4H6N4OS/c1-5-4(9)6-3-2-10-8-7-3/h2H,1H3,(H2,5,6,9). The molecule has 0 aliphatic carbocycles. The number of carbonyl (C=O) groups excluding carboxylic acids is 1. The summed E-state index contributed by atoms with van der Waals surface area (Å²) in [6.07, 6.45) is 0. The highest BCUT2D eigenvalue weighted by molar-refractivity contribution is 7.03. The normalized spacial score (nSPS) is 8.90. The molecule has 0 radical (unpaired) electrons. The maximum absolute atomic E-state index is 10.6. The smallest absolute Gasteiger partial charge is 0.320 e. The average molecular weight is 158 g/mol. The molecule has 2 amide bonds. The fraction of sp³-hybridized carbons (Fsp3) is 0.250. The number of aromatic nitrogens is 2. The van der Waals surface area contributed by atoms with Gasteiger partial charge in [0.15, 0.2) is 5.82 Å². The number of hydrogen-bond donors (Lipinski definition) is 2. The van der Waals surface area contributed by atoms with E-state index in [0.29, 0.717) is 5.82 Å². The van der Waals surface area contributed by atoms with Gasteiger partial charge in [-0.2, -0.15) is 0 Å². The number of nitrogens with one attached hydrogen (secondary N) is 2. The van der Waals surface area contributed by atoms with Gasteiger partial charge in [-0.1, -0.05) is 4.49 Å². The Kier molecular flexibility index (Phi) is 2.16. The molecule has 54 valence electrons. The van der Waals surface area contributed by atoms with E-state index in [1.807, 2.05) is 0 Å². The number of amides is 2. The first-order valence-electron chi connectivity index (χ1n) is 2.58. The Morgan fingerprint density at radius 2 is 2.60 bits per heavy atom. The maximum Gasteiger partial charge on any atom is 0.320 e. The predicted octanol–water partition coefficient (Wildman–Crippen LogP) is 0.289. The van der Waals surface area contributed by atoms with Crippen molar-refractivity contribution in [2.75, 3.05) is 12.4 Å². The third kappa shape index (κ3) is 1.66. The molecule has 0 aliphatic heterocycles. The highest BCUT2D eigenvalue weighted by Gasteiger charge is 1.98. The van der Waals surface area contributed by atoms with E-state index in [4.69, 9.17) is 0 Å². The van der Waals surface area contributed by atoms with Crippen LogP contribution in [-0.4, -0.2) is 22.7 Å². The number of carbonyl (C=O) groups is 1. The second-order valence-corrected chi connectivity index (χ2v) is 2.10. The van der Waals surface area contributed by atoms with E-state index >= 15 is 0 Å². The van der Waals surface area contributed by atoms with Crippen LogP contribution in [0.5, 0.6) is 0 Å². The summed E-state index contributed by atoms with van der Waals surface area (Å²) in [6.45, 7) is 0. The van der Waals surface area contributed by atoms with Crippen molar-refractivity contribution in [3.63, 3.8) is 0 Å². The first-order chi connectivity index (χ1) is 4.83. The van der Waals surface area contributed by atoms with Crippen molar-refractivity contribution in [2.24, 2.45) is 0 Å². The highest BCUT2D eigenvalue weighted by atomic mass is 32.1. The van der Waals surface area contributed by atoms with Gasteiger partial charge in [0.2, 0.25) is 0 Å². The quantitative estimate of drug-likeness (QED) is 0.617. The van der Waals surface area contributed by atoms with Crippen LogP contribution < -0.4 is 10.6 Å². The molecule has 0 saturated heterocycles. The van der Waals surface area contributed by atoms with Crippen LogP contribution in [0.3, 0.4) is 0 Å². The summed E-state index contributed by atoms with van der Waals surface area (Å²) in [6, 6.07) is -0.285. The average Bonchev–Trinajstić information content (AvgIpc) is 2.40. The van der Waals surface area contributed by atoms with Crippen LogP contribution in [0.15, 0.2) is 5.38 Å². The van der Waals surface area contributed by atoms with E-state index in [0.717, 1.165) is 0 Å². The van der Waals surface area contributed by atoms with Gasteiger partial charge in [-0.15, -0.1) is 5.10 Å². The van der Waals surface area contributed by atoms with Crippen molar-refractivity contribution in [3.05, 3.63) is 5.38 Å². The van der Waals surface area contributed by atoms with Crippen LogP contribution >= 0.6 is 11.5 Å². The van der Waals surface area contributed by atoms with Gasteiger partial charge in [-0.25, -0.2) is 4.79 Å². The minimum Gasteiger partial charge on any atom is -0.341 e. The molecule has 0 spiro atoms. The minimum absolute atomic E-state index is 0.285. The third-order valence-corrected chi connectivity index (χ3v) is 1.33. The molecule has 0 atom stereocenters. The Labute approximate surface area is 61.6 Å². The molecule has 6 heteroatoms. The molecule has 0 fully saturated rings. The lowest BCUT2D eigenvalue weighted by Crippen LogP contribution is -2.24. The molecule has 0 unspecified atom stereocenters. The van der Waals surface area contributed by atoms with Gasteiger partial charge < -0.3 is 5.32 Å². The van der Waals surface area contributed by atoms with E-state index in [2.05, 4.69) is 20.2 Å². The van der Waals surface area contributed by atoms with Crippen LogP contribution in [0.2, 0.25) is 0 Å². The Hall–Kier alpha value is -1.17. The predicted molar refractivity (Wildman–Crippen MR) is 38.0 cm³/mol. The van der Waals surface area contributed by atoms with Crippen LogP contribution in [0.4, 0.5) is 10.6 Å². The van der Waals surface area contributed by atoms with E-state index in [1.54, 1.807) is 5.38 Å². The van der Waals surface area contributed by atoms with Crippen LogP contribution in [0.1, 0.15) is 0 Å². The largest absolute Gasteiger partial charge is 0.341 e. The van der Waals surface area contributed by atoms with Gasteiger partial charge >= 0.3 is 6.03 Å². The third-order valence-electron chi connectivity index (χ3n) is 0.829. The number of nitrogens with zero attached hydrogens (tertiary/aromatic N) is 2. The van der Waals surface area contributed by atoms with Gasteiger partial charge in [0.1, 0.15) is 0 Å². The Balaban J connectivity index is 2.48. The van der Waals surface area contributed by atoms with E-state index < -0.39 is 0 Å². The molecular weight excluding hydrogens is 152 g/mol. The van der Waals surface area contributed by atoms with Gasteiger partial charge in [0.05, 0.1) is 5.38 Å². The summed E-state index contributed by atoms with van der Waals surface area (Å²) in [5.41, 5.74) is 0. The Bertz CT molecular complexity index is 209. The number of anilines is 1. The Morgan fingerprint density at radius 1 is 1.80 bits per heavy atom. The second kappa shape index (κ2) is 3.11. The van der Waals surface area contributed by atoms with Gasteiger partial charge in [-0.05, 0) is 11.5 Å². The number of urea groups is 1. The molecule has 0 aromatic carbocycles. The lowest BCUT2D eigenvalue weighted by Gasteiger charge is -1.96. The lowest BCUT2D eigenvalue weighted by atomic mass is 10.7. The molecule has 0 saturated carbocycles. The lowest BCUT2D eigenvalue weighted by molar-refractivity contribution is 0.254. The zero-order valence-corrected chi connectivity index (χ0v) is 6.10. The van der Waals surface area contributed by atoms with Crippen LogP contribution in [-0.2, 0) is 0 Å². The molecule has 1 heterocycles. The number of rotatable bonds is 1. The molecule has 1 aromatic heterocycles. The van der Waals surface area contributed by atoms with Crippen molar-refractivity contribution >= 4 is 23.4 Å². The van der Waals surface area contributed by atoms with Crippen LogP contribution in [0.25, 0.3) is 0 Å². The van der Waals surface area contributed by atoms with Gasteiger partial charge in [-0.3, -0.25) is 5.32 Å². The first-order valence-corrected chi connectivity index (χ1v) is 3.42. The summed E-state index contributed by atoms with van der Waals surface area (Å²) in [7, 11) is 1.54. The van der Waals surface area contributed by atoms with Gasteiger partial charge in [0, 0.05) is 7.05 Å². The Morgan fingerprint density at radius 3 is 3.10 bits per heavy atom. The van der Waals surface area contributed by atoms with E-state index in [-0.39, 0.29) is 6.03 Å².